The molecule has 0 radical (unpaired) electrons. The summed E-state index contributed by atoms with van der Waals surface area (Å²) in [6, 6.07) is 19.0. The van der Waals surface area contributed by atoms with E-state index in [0.717, 1.165) is 16.7 Å². The molecule has 2 nitrogen and oxygen atoms in total. The molecule has 88 valence electrons. The van der Waals surface area contributed by atoms with Gasteiger partial charge in [-0.2, -0.15) is 0 Å². The number of carbonyl (C=O) groups is 1. The van der Waals surface area contributed by atoms with Crippen LogP contribution < -0.4 is 0 Å². The lowest BCUT2D eigenvalue weighted by Gasteiger charge is -2.14. The fraction of sp³-hybridized carbons (Fsp3) is 0.0625. The largest absolute Gasteiger partial charge is 0.480 e. The van der Waals surface area contributed by atoms with Crippen LogP contribution in [0.25, 0.3) is 5.57 Å². The highest BCUT2D eigenvalue weighted by Crippen LogP contribution is 2.52. The molecule has 0 unspecified atom stereocenters. The van der Waals surface area contributed by atoms with Crippen LogP contribution in [0.1, 0.15) is 11.1 Å². The van der Waals surface area contributed by atoms with Crippen molar-refractivity contribution in [3.05, 3.63) is 77.9 Å². The van der Waals surface area contributed by atoms with Gasteiger partial charge in [-0.15, -0.1) is 0 Å². The maximum Gasteiger partial charge on any atom is 0.322 e. The molecule has 0 bridgehead atoms. The molecule has 1 N–H and O–H groups in total. The standard InChI is InChI=1S/C16H12O2/c17-15(18)16(13-9-5-2-6-10-13)11-14(16)12-7-3-1-4-8-12/h1-11H,(H,17,18)/t16-/m1/s1. The van der Waals surface area contributed by atoms with Gasteiger partial charge in [0.25, 0.3) is 0 Å². The molecule has 0 fully saturated rings. The Morgan fingerprint density at radius 3 is 2.00 bits per heavy atom. The lowest BCUT2D eigenvalue weighted by molar-refractivity contribution is -0.138. The summed E-state index contributed by atoms with van der Waals surface area (Å²) in [5, 5.41) is 9.54. The first kappa shape index (κ1) is 10.8. The average Bonchev–Trinajstić information content (AvgIpc) is 3.18. The number of rotatable bonds is 3. The molecule has 0 aromatic heterocycles. The van der Waals surface area contributed by atoms with Crippen molar-refractivity contribution in [3.63, 3.8) is 0 Å². The molecule has 0 heterocycles. The van der Waals surface area contributed by atoms with E-state index in [-0.39, 0.29) is 0 Å². The highest BCUT2D eigenvalue weighted by atomic mass is 16.4. The van der Waals surface area contributed by atoms with Crippen molar-refractivity contribution in [3.8, 4) is 0 Å². The van der Waals surface area contributed by atoms with E-state index in [1.165, 1.54) is 0 Å². The summed E-state index contributed by atoms with van der Waals surface area (Å²) in [7, 11) is 0. The topological polar surface area (TPSA) is 37.3 Å². The van der Waals surface area contributed by atoms with Crippen LogP contribution in [0.2, 0.25) is 0 Å². The highest BCUT2D eigenvalue weighted by molar-refractivity contribution is 6.11. The summed E-state index contributed by atoms with van der Waals surface area (Å²) >= 11 is 0. The quantitative estimate of drug-likeness (QED) is 0.889. The van der Waals surface area contributed by atoms with Gasteiger partial charge in [0.15, 0.2) is 0 Å². The third-order valence-electron chi connectivity index (χ3n) is 3.35. The smallest absolute Gasteiger partial charge is 0.322 e. The molecule has 2 aromatic carbocycles. The van der Waals surface area contributed by atoms with Gasteiger partial charge in [0.1, 0.15) is 5.41 Å². The number of benzene rings is 2. The van der Waals surface area contributed by atoms with Crippen LogP contribution in [0.5, 0.6) is 0 Å². The SMILES string of the molecule is O=C(O)[C@@]1(c2ccccc2)C=C1c1ccccc1. The van der Waals surface area contributed by atoms with Gasteiger partial charge in [0.2, 0.25) is 0 Å². The summed E-state index contributed by atoms with van der Waals surface area (Å²) in [5.74, 6) is -0.812. The summed E-state index contributed by atoms with van der Waals surface area (Å²) in [4.78, 5) is 11.6. The Morgan fingerprint density at radius 1 is 0.889 bits per heavy atom. The molecule has 1 atom stereocenters. The van der Waals surface area contributed by atoms with E-state index < -0.39 is 11.4 Å². The Balaban J connectivity index is 2.03. The molecule has 1 aliphatic rings. The molecule has 0 amide bonds. The Morgan fingerprint density at radius 2 is 1.44 bits per heavy atom. The maximum absolute atomic E-state index is 11.6. The second kappa shape index (κ2) is 3.84. The fourth-order valence-electron chi connectivity index (χ4n) is 2.35. The molecule has 18 heavy (non-hydrogen) atoms. The second-order valence-corrected chi connectivity index (χ2v) is 4.40. The van der Waals surface area contributed by atoms with E-state index >= 15 is 0 Å². The molecule has 3 rings (SSSR count). The van der Waals surface area contributed by atoms with Gasteiger partial charge < -0.3 is 5.11 Å². The van der Waals surface area contributed by atoms with Crippen molar-refractivity contribution in [1.82, 2.24) is 0 Å². The Hall–Kier alpha value is -2.35. The van der Waals surface area contributed by atoms with Crippen LogP contribution in [0.4, 0.5) is 0 Å². The maximum atomic E-state index is 11.6. The first-order chi connectivity index (χ1) is 8.75. The number of hydrogen-bond donors (Lipinski definition) is 1. The molecule has 2 aromatic rings. The molecular weight excluding hydrogens is 224 g/mol. The lowest BCUT2D eigenvalue weighted by atomic mass is 9.88. The average molecular weight is 236 g/mol. The first-order valence-corrected chi connectivity index (χ1v) is 5.83. The van der Waals surface area contributed by atoms with E-state index in [0.29, 0.717) is 0 Å². The molecule has 0 saturated heterocycles. The molecule has 0 spiro atoms. The van der Waals surface area contributed by atoms with Crippen molar-refractivity contribution in [2.45, 2.75) is 5.41 Å². The third kappa shape index (κ3) is 1.46. The predicted molar refractivity (Wildman–Crippen MR) is 70.2 cm³/mol. The van der Waals surface area contributed by atoms with E-state index in [2.05, 4.69) is 0 Å². The van der Waals surface area contributed by atoms with E-state index in [1.807, 2.05) is 66.7 Å². The Labute approximate surface area is 105 Å². The summed E-state index contributed by atoms with van der Waals surface area (Å²) in [6.45, 7) is 0. The van der Waals surface area contributed by atoms with Crippen molar-refractivity contribution < 1.29 is 9.90 Å². The summed E-state index contributed by atoms with van der Waals surface area (Å²) < 4.78 is 0. The third-order valence-corrected chi connectivity index (χ3v) is 3.35. The van der Waals surface area contributed by atoms with E-state index in [1.54, 1.807) is 0 Å². The number of aliphatic carboxylic acids is 1. The zero-order chi connectivity index (χ0) is 12.6. The molecule has 1 aliphatic carbocycles. The van der Waals surface area contributed by atoms with Crippen LogP contribution in [0.3, 0.4) is 0 Å². The van der Waals surface area contributed by atoms with Gasteiger partial charge in [-0.3, -0.25) is 4.79 Å². The lowest BCUT2D eigenvalue weighted by Crippen LogP contribution is -2.23. The molecule has 2 heteroatoms. The van der Waals surface area contributed by atoms with Crippen LogP contribution in [0, 0.1) is 0 Å². The monoisotopic (exact) mass is 236 g/mol. The van der Waals surface area contributed by atoms with E-state index in [4.69, 9.17) is 0 Å². The minimum absolute atomic E-state index is 0.812. The van der Waals surface area contributed by atoms with Crippen molar-refractivity contribution in [2.24, 2.45) is 0 Å². The second-order valence-electron chi connectivity index (χ2n) is 4.40. The molecule has 0 aliphatic heterocycles. The molecule has 0 saturated carbocycles. The van der Waals surface area contributed by atoms with Crippen LogP contribution >= 0.6 is 0 Å². The van der Waals surface area contributed by atoms with Gasteiger partial charge in [-0.05, 0) is 16.7 Å². The van der Waals surface area contributed by atoms with Crippen LogP contribution in [0.15, 0.2) is 66.7 Å². The predicted octanol–water partition coefficient (Wildman–Crippen LogP) is 3.11. The number of hydrogen-bond acceptors (Lipinski definition) is 1. The zero-order valence-corrected chi connectivity index (χ0v) is 9.71. The van der Waals surface area contributed by atoms with Gasteiger partial charge in [-0.1, -0.05) is 66.7 Å². The normalized spacial score (nSPS) is 21.2. The highest BCUT2D eigenvalue weighted by Gasteiger charge is 2.53. The van der Waals surface area contributed by atoms with Crippen molar-refractivity contribution in [2.75, 3.05) is 0 Å². The Bertz CT molecular complexity index is 614. The van der Waals surface area contributed by atoms with Gasteiger partial charge in [0.05, 0.1) is 0 Å². The minimum atomic E-state index is -0.928. The zero-order valence-electron chi connectivity index (χ0n) is 9.71. The van der Waals surface area contributed by atoms with Crippen molar-refractivity contribution in [1.29, 1.82) is 0 Å². The van der Waals surface area contributed by atoms with Gasteiger partial charge in [-0.25, -0.2) is 0 Å². The van der Waals surface area contributed by atoms with Gasteiger partial charge in [0, 0.05) is 0 Å². The van der Waals surface area contributed by atoms with E-state index in [9.17, 15) is 9.90 Å². The van der Waals surface area contributed by atoms with Gasteiger partial charge >= 0.3 is 5.97 Å². The molecular formula is C16H12O2. The Kier molecular flexibility index (Phi) is 2.30. The van der Waals surface area contributed by atoms with Crippen LogP contribution in [-0.2, 0) is 10.2 Å². The number of carboxylic acid groups (broad SMARTS) is 1. The summed E-state index contributed by atoms with van der Waals surface area (Å²) in [6.07, 6.45) is 1.82. The first-order valence-electron chi connectivity index (χ1n) is 5.83. The summed E-state index contributed by atoms with van der Waals surface area (Å²) in [5.41, 5.74) is 1.74. The van der Waals surface area contributed by atoms with Crippen LogP contribution in [-0.4, -0.2) is 11.1 Å². The van der Waals surface area contributed by atoms with Crippen molar-refractivity contribution >= 4 is 11.5 Å². The minimum Gasteiger partial charge on any atom is -0.480 e. The number of carboxylic acids is 1. The fourth-order valence-corrected chi connectivity index (χ4v) is 2.35.